The summed E-state index contributed by atoms with van der Waals surface area (Å²) in [5, 5.41) is 15.7. The number of fused-ring (bicyclic) bond motifs is 2. The second-order valence-electron chi connectivity index (χ2n) is 6.83. The molecule has 2 aromatic heterocycles. The molecule has 0 bridgehead atoms. The van der Waals surface area contributed by atoms with Crippen LogP contribution in [-0.2, 0) is 6.42 Å². The Hall–Kier alpha value is -4.20. The molecule has 0 radical (unpaired) electrons. The van der Waals surface area contributed by atoms with Gasteiger partial charge >= 0.3 is 0 Å². The molecule has 30 heavy (non-hydrogen) atoms. The second kappa shape index (κ2) is 7.00. The fourth-order valence-electron chi connectivity index (χ4n) is 3.48. The van der Waals surface area contributed by atoms with Crippen LogP contribution in [0.1, 0.15) is 21.6 Å². The van der Waals surface area contributed by atoms with Gasteiger partial charge in [-0.05, 0) is 35.9 Å². The maximum Gasteiger partial charge on any atom is 0.283 e. The number of hydrogen-bond acceptors (Lipinski definition) is 5. The van der Waals surface area contributed by atoms with Crippen LogP contribution < -0.4 is 5.56 Å². The molecule has 5 rings (SSSR count). The van der Waals surface area contributed by atoms with Crippen molar-refractivity contribution in [2.45, 2.75) is 6.42 Å². The Balaban J connectivity index is 1.55. The topological polar surface area (TPSA) is 93.5 Å². The van der Waals surface area contributed by atoms with Crippen molar-refractivity contribution in [1.82, 2.24) is 25.2 Å². The number of carbonyl (C=O) groups excluding carboxylic acids is 1. The highest BCUT2D eigenvalue weighted by Crippen LogP contribution is 2.20. The summed E-state index contributed by atoms with van der Waals surface area (Å²) in [6, 6.07) is 18.4. The lowest BCUT2D eigenvalue weighted by atomic mass is 10.0. The van der Waals surface area contributed by atoms with Crippen molar-refractivity contribution in [1.29, 1.82) is 0 Å². The van der Waals surface area contributed by atoms with Gasteiger partial charge in [0.15, 0.2) is 0 Å². The van der Waals surface area contributed by atoms with Gasteiger partial charge in [0.25, 0.3) is 11.5 Å². The predicted octanol–water partition coefficient (Wildman–Crippen LogP) is 3.09. The number of para-hydroxylation sites is 1. The molecule has 0 aliphatic rings. The third kappa shape index (κ3) is 2.95. The number of aromatic nitrogens is 5. The minimum atomic E-state index is -0.650. The van der Waals surface area contributed by atoms with E-state index >= 15 is 0 Å². The number of rotatable bonds is 3. The van der Waals surface area contributed by atoms with E-state index in [2.05, 4.69) is 20.5 Å². The zero-order valence-electron chi connectivity index (χ0n) is 15.5. The molecule has 0 aliphatic heterocycles. The molecule has 8 heteroatoms. The first-order chi connectivity index (χ1) is 14.6. The van der Waals surface area contributed by atoms with Crippen molar-refractivity contribution in [3.63, 3.8) is 0 Å². The minimum absolute atomic E-state index is 0.114. The Bertz CT molecular complexity index is 1490. The quantitative estimate of drug-likeness (QED) is 0.503. The molecule has 0 aliphatic carbocycles. The Morgan fingerprint density at radius 3 is 2.63 bits per heavy atom. The average Bonchev–Trinajstić information content (AvgIpc) is 3.21. The van der Waals surface area contributed by atoms with Gasteiger partial charge in [0.05, 0.1) is 22.2 Å². The first-order valence-corrected chi connectivity index (χ1v) is 9.22. The van der Waals surface area contributed by atoms with E-state index in [4.69, 9.17) is 0 Å². The molecule has 3 aromatic carbocycles. The number of nitrogens with zero attached hydrogens (tertiary/aromatic N) is 4. The summed E-state index contributed by atoms with van der Waals surface area (Å²) in [6.45, 7) is 0. The summed E-state index contributed by atoms with van der Waals surface area (Å²) in [4.78, 5) is 24.9. The summed E-state index contributed by atoms with van der Waals surface area (Å²) in [5.41, 5.74) is 1.96. The highest BCUT2D eigenvalue weighted by atomic mass is 19.1. The average molecular weight is 399 g/mol. The van der Waals surface area contributed by atoms with Crippen LogP contribution in [0, 0.1) is 5.82 Å². The van der Waals surface area contributed by atoms with Gasteiger partial charge < -0.3 is 0 Å². The highest BCUT2D eigenvalue weighted by Gasteiger charge is 2.19. The normalized spacial score (nSPS) is 11.2. The van der Waals surface area contributed by atoms with Crippen LogP contribution in [0.25, 0.3) is 21.8 Å². The van der Waals surface area contributed by atoms with Gasteiger partial charge in [-0.25, -0.2) is 9.49 Å². The molecule has 2 heterocycles. The SMILES string of the molecule is O=C(c1cc(Cc2n[nH]c(=O)c3ccccc23)ccc1F)n1nnc2ccccc21. The van der Waals surface area contributed by atoms with Crippen molar-refractivity contribution in [3.8, 4) is 0 Å². The van der Waals surface area contributed by atoms with E-state index in [1.165, 1.54) is 12.1 Å². The molecular weight excluding hydrogens is 385 g/mol. The van der Waals surface area contributed by atoms with E-state index in [1.54, 1.807) is 42.5 Å². The Kier molecular flexibility index (Phi) is 4.17. The van der Waals surface area contributed by atoms with Crippen LogP contribution in [0.3, 0.4) is 0 Å². The molecule has 7 nitrogen and oxygen atoms in total. The molecule has 0 atom stereocenters. The molecular formula is C22H14FN5O2. The molecule has 0 saturated heterocycles. The molecule has 5 aromatic rings. The molecule has 0 spiro atoms. The van der Waals surface area contributed by atoms with Crippen molar-refractivity contribution < 1.29 is 9.18 Å². The number of aromatic amines is 1. The summed E-state index contributed by atoms with van der Waals surface area (Å²) in [6.07, 6.45) is 0.315. The lowest BCUT2D eigenvalue weighted by molar-refractivity contribution is 0.0944. The molecule has 1 N–H and O–H groups in total. The van der Waals surface area contributed by atoms with E-state index < -0.39 is 11.7 Å². The maximum atomic E-state index is 14.5. The third-order valence-electron chi connectivity index (χ3n) is 4.95. The van der Waals surface area contributed by atoms with E-state index in [9.17, 15) is 14.0 Å². The standard InChI is InChI=1S/C22H14FN5O2/c23-17-10-9-13(12-19-14-5-1-2-6-15(14)21(29)26-24-19)11-16(17)22(30)28-20-8-4-3-7-18(20)25-27-28/h1-11H,12H2,(H,26,29). The van der Waals surface area contributed by atoms with Crippen LogP contribution in [-0.4, -0.2) is 31.1 Å². The lowest BCUT2D eigenvalue weighted by Gasteiger charge is -2.08. The molecule has 0 saturated carbocycles. The molecule has 0 amide bonds. The zero-order valence-corrected chi connectivity index (χ0v) is 15.5. The van der Waals surface area contributed by atoms with E-state index in [-0.39, 0.29) is 11.1 Å². The van der Waals surface area contributed by atoms with Crippen LogP contribution in [0.15, 0.2) is 71.5 Å². The number of nitrogens with one attached hydrogen (secondary N) is 1. The summed E-state index contributed by atoms with van der Waals surface area (Å²) < 4.78 is 15.6. The highest BCUT2D eigenvalue weighted by molar-refractivity contribution is 6.00. The monoisotopic (exact) mass is 399 g/mol. The molecule has 0 fully saturated rings. The molecule has 0 unspecified atom stereocenters. The van der Waals surface area contributed by atoms with Gasteiger partial charge in [-0.3, -0.25) is 9.59 Å². The van der Waals surface area contributed by atoms with Crippen LogP contribution in [0.5, 0.6) is 0 Å². The summed E-state index contributed by atoms with van der Waals surface area (Å²) in [5.74, 6) is -1.26. The first-order valence-electron chi connectivity index (χ1n) is 9.22. The number of H-pyrrole nitrogens is 1. The number of benzene rings is 3. The van der Waals surface area contributed by atoms with Gasteiger partial charge in [0, 0.05) is 11.8 Å². The number of carbonyl (C=O) groups is 1. The lowest BCUT2D eigenvalue weighted by Crippen LogP contribution is -2.16. The zero-order chi connectivity index (χ0) is 20.7. The van der Waals surface area contributed by atoms with Gasteiger partial charge in [-0.2, -0.15) is 9.78 Å². The Morgan fingerprint density at radius 2 is 1.77 bits per heavy atom. The predicted molar refractivity (Wildman–Crippen MR) is 109 cm³/mol. The smallest absolute Gasteiger partial charge is 0.267 e. The largest absolute Gasteiger partial charge is 0.283 e. The Morgan fingerprint density at radius 1 is 1.00 bits per heavy atom. The van der Waals surface area contributed by atoms with Gasteiger partial charge in [-0.15, -0.1) is 5.10 Å². The van der Waals surface area contributed by atoms with Gasteiger partial charge in [-0.1, -0.05) is 41.6 Å². The van der Waals surface area contributed by atoms with E-state index in [1.807, 2.05) is 12.1 Å². The van der Waals surface area contributed by atoms with Crippen molar-refractivity contribution in [2.75, 3.05) is 0 Å². The number of hydrogen-bond donors (Lipinski definition) is 1. The summed E-state index contributed by atoms with van der Waals surface area (Å²) in [7, 11) is 0. The van der Waals surface area contributed by atoms with Crippen LogP contribution in [0.2, 0.25) is 0 Å². The van der Waals surface area contributed by atoms with Crippen molar-refractivity contribution in [3.05, 3.63) is 99.7 Å². The van der Waals surface area contributed by atoms with E-state index in [0.717, 1.165) is 4.68 Å². The third-order valence-corrected chi connectivity index (χ3v) is 4.95. The van der Waals surface area contributed by atoms with Gasteiger partial charge in [0.1, 0.15) is 11.3 Å². The van der Waals surface area contributed by atoms with Gasteiger partial charge in [0.2, 0.25) is 0 Å². The van der Waals surface area contributed by atoms with Crippen LogP contribution in [0.4, 0.5) is 4.39 Å². The first kappa shape index (κ1) is 17.9. The van der Waals surface area contributed by atoms with Crippen LogP contribution >= 0.6 is 0 Å². The minimum Gasteiger partial charge on any atom is -0.267 e. The number of halogens is 1. The van der Waals surface area contributed by atoms with Crippen molar-refractivity contribution in [2.24, 2.45) is 0 Å². The Labute approximate surface area is 168 Å². The fourth-order valence-corrected chi connectivity index (χ4v) is 3.48. The second-order valence-corrected chi connectivity index (χ2v) is 6.83. The van der Waals surface area contributed by atoms with E-state index in [0.29, 0.717) is 39.5 Å². The summed E-state index contributed by atoms with van der Waals surface area (Å²) >= 11 is 0. The van der Waals surface area contributed by atoms with Crippen molar-refractivity contribution >= 4 is 27.7 Å². The fraction of sp³-hybridized carbons (Fsp3) is 0.0455. The maximum absolute atomic E-state index is 14.5. The molecule has 146 valence electrons.